The summed E-state index contributed by atoms with van der Waals surface area (Å²) in [5.41, 5.74) is 3.87. The van der Waals surface area contributed by atoms with Gasteiger partial charge in [0.2, 0.25) is 10.0 Å². The highest BCUT2D eigenvalue weighted by molar-refractivity contribution is 7.89. The summed E-state index contributed by atoms with van der Waals surface area (Å²) in [6.07, 6.45) is 6.21. The van der Waals surface area contributed by atoms with Gasteiger partial charge in [-0.1, -0.05) is 37.0 Å². The number of aromatic nitrogens is 1. The molecule has 1 aliphatic rings. The predicted molar refractivity (Wildman–Crippen MR) is 124 cm³/mol. The normalized spacial score (nSPS) is 14.6. The first kappa shape index (κ1) is 23.1. The number of benzene rings is 1. The number of hydrogen-bond donors (Lipinski definition) is 0. The zero-order valence-electron chi connectivity index (χ0n) is 18.5. The molecule has 2 heterocycles. The summed E-state index contributed by atoms with van der Waals surface area (Å²) < 4.78 is 33.6. The van der Waals surface area contributed by atoms with Gasteiger partial charge in [0.25, 0.3) is 0 Å². The number of sulfonamides is 1. The van der Waals surface area contributed by atoms with Gasteiger partial charge in [0, 0.05) is 18.8 Å². The number of hydrogen-bond acceptors (Lipinski definition) is 4. The van der Waals surface area contributed by atoms with Gasteiger partial charge in [-0.05, 0) is 74.4 Å². The van der Waals surface area contributed by atoms with Crippen molar-refractivity contribution in [1.82, 2.24) is 9.29 Å². The van der Waals surface area contributed by atoms with Crippen LogP contribution in [0, 0.1) is 18.8 Å². The fourth-order valence-corrected chi connectivity index (χ4v) is 5.23. The van der Waals surface area contributed by atoms with Crippen LogP contribution in [0.1, 0.15) is 49.6 Å². The average molecular weight is 439 g/mol. The Morgan fingerprint density at radius 3 is 2.65 bits per heavy atom. The average Bonchev–Trinajstić information content (AvgIpc) is 2.78. The number of piperidine rings is 1. The summed E-state index contributed by atoms with van der Waals surface area (Å²) in [5, 5.41) is 0. The van der Waals surface area contributed by atoms with E-state index in [1.807, 2.05) is 37.3 Å². The molecule has 0 spiro atoms. The second-order valence-corrected chi connectivity index (χ2v) is 9.64. The van der Waals surface area contributed by atoms with Gasteiger partial charge in [0.1, 0.15) is 16.3 Å². The van der Waals surface area contributed by atoms with Gasteiger partial charge in [0.15, 0.2) is 0 Å². The molecule has 31 heavy (non-hydrogen) atoms. The van der Waals surface area contributed by atoms with Crippen molar-refractivity contribution in [3.8, 4) is 17.6 Å². The quantitative estimate of drug-likeness (QED) is 0.623. The lowest BCUT2D eigenvalue weighted by Gasteiger charge is -2.28. The molecule has 0 amide bonds. The summed E-state index contributed by atoms with van der Waals surface area (Å²) in [7, 11) is -2.10. The van der Waals surface area contributed by atoms with Crippen LogP contribution in [-0.2, 0) is 16.4 Å². The largest absolute Gasteiger partial charge is 0.495 e. The van der Waals surface area contributed by atoms with Crippen LogP contribution in [-0.4, -0.2) is 37.9 Å². The third-order valence-electron chi connectivity index (χ3n) is 5.39. The lowest BCUT2D eigenvalue weighted by molar-refractivity contribution is 0.375. The molecule has 0 aliphatic carbocycles. The van der Waals surface area contributed by atoms with E-state index in [1.165, 1.54) is 7.11 Å². The Balaban J connectivity index is 1.71. The molecule has 1 fully saturated rings. The lowest BCUT2D eigenvalue weighted by atomic mass is 10.1. The highest BCUT2D eigenvalue weighted by atomic mass is 32.2. The van der Waals surface area contributed by atoms with Crippen LogP contribution in [0.3, 0.4) is 0 Å². The summed E-state index contributed by atoms with van der Waals surface area (Å²) in [5.74, 6) is 6.52. The van der Waals surface area contributed by atoms with Crippen LogP contribution in [0.25, 0.3) is 0 Å². The van der Waals surface area contributed by atoms with E-state index in [0.29, 0.717) is 31.7 Å². The van der Waals surface area contributed by atoms with Gasteiger partial charge in [-0.15, -0.1) is 0 Å². The molecule has 3 rings (SSSR count). The molecule has 1 aliphatic heterocycles. The number of rotatable bonds is 6. The molecule has 0 N–H and O–H groups in total. The van der Waals surface area contributed by atoms with Crippen molar-refractivity contribution in [2.24, 2.45) is 0 Å². The maximum Gasteiger partial charge on any atom is 0.246 e. The number of methoxy groups -OCH3 is 1. The third-order valence-corrected chi connectivity index (χ3v) is 7.31. The Hall–Kier alpha value is -2.62. The van der Waals surface area contributed by atoms with E-state index in [0.717, 1.165) is 41.8 Å². The van der Waals surface area contributed by atoms with E-state index in [2.05, 4.69) is 23.7 Å². The van der Waals surface area contributed by atoms with E-state index in [-0.39, 0.29) is 4.90 Å². The van der Waals surface area contributed by atoms with Crippen molar-refractivity contribution >= 4 is 10.0 Å². The van der Waals surface area contributed by atoms with Gasteiger partial charge >= 0.3 is 0 Å². The number of pyridine rings is 1. The maximum atomic E-state index is 13.3. The SMILES string of the molecule is CCCCc1ccc(OC)c(S(=O)(=O)N2CCC(=CC#Cc3cccc(C)n3)CC2)c1. The van der Waals surface area contributed by atoms with Crippen LogP contribution in [0.2, 0.25) is 0 Å². The monoisotopic (exact) mass is 438 g/mol. The molecule has 164 valence electrons. The van der Waals surface area contributed by atoms with E-state index in [9.17, 15) is 8.42 Å². The summed E-state index contributed by atoms with van der Waals surface area (Å²) >= 11 is 0. The van der Waals surface area contributed by atoms with Gasteiger partial charge in [0.05, 0.1) is 7.11 Å². The van der Waals surface area contributed by atoms with Gasteiger partial charge in [-0.25, -0.2) is 13.4 Å². The minimum atomic E-state index is -3.61. The number of allylic oxidation sites excluding steroid dienone is 1. The molecule has 0 bridgehead atoms. The van der Waals surface area contributed by atoms with Crippen LogP contribution in [0.15, 0.2) is 52.9 Å². The van der Waals surface area contributed by atoms with Crippen molar-refractivity contribution in [1.29, 1.82) is 0 Å². The number of unbranched alkanes of at least 4 members (excludes halogenated alkanes) is 1. The highest BCUT2D eigenvalue weighted by Crippen LogP contribution is 2.30. The zero-order chi connectivity index (χ0) is 22.3. The molecule has 6 heteroatoms. The fraction of sp³-hybridized carbons (Fsp3) is 0.400. The van der Waals surface area contributed by atoms with Crippen LogP contribution >= 0.6 is 0 Å². The van der Waals surface area contributed by atoms with Crippen molar-refractivity contribution in [3.05, 3.63) is 65.0 Å². The molecule has 1 aromatic carbocycles. The Kier molecular flexibility index (Phi) is 7.89. The number of nitrogens with zero attached hydrogens (tertiary/aromatic N) is 2. The molecule has 1 saturated heterocycles. The minimum Gasteiger partial charge on any atom is -0.495 e. The Morgan fingerprint density at radius 2 is 1.97 bits per heavy atom. The fourth-order valence-electron chi connectivity index (χ4n) is 3.58. The Bertz CT molecular complexity index is 1100. The highest BCUT2D eigenvalue weighted by Gasteiger charge is 2.30. The number of aryl methyl sites for hydroxylation is 2. The predicted octanol–water partition coefficient (Wildman–Crippen LogP) is 4.50. The first-order chi connectivity index (χ1) is 14.9. The van der Waals surface area contributed by atoms with E-state index < -0.39 is 10.0 Å². The third kappa shape index (κ3) is 5.96. The standard InChI is InChI=1S/C25H30N2O3S/c1-4-5-9-22-13-14-24(30-3)25(19-22)31(28,29)27-17-15-21(16-18-27)10-7-12-23-11-6-8-20(2)26-23/h6,8,10-11,13-14,19H,4-5,9,15-18H2,1-3H3. The second kappa shape index (κ2) is 10.6. The number of ether oxygens (including phenoxy) is 1. The van der Waals surface area contributed by atoms with E-state index in [1.54, 1.807) is 16.4 Å². The molecular formula is C25H30N2O3S. The van der Waals surface area contributed by atoms with Crippen LogP contribution < -0.4 is 4.74 Å². The topological polar surface area (TPSA) is 59.5 Å². The lowest BCUT2D eigenvalue weighted by Crippen LogP contribution is -2.36. The van der Waals surface area contributed by atoms with Crippen molar-refractivity contribution < 1.29 is 13.2 Å². The molecule has 0 unspecified atom stereocenters. The smallest absolute Gasteiger partial charge is 0.246 e. The summed E-state index contributed by atoms with van der Waals surface area (Å²) in [6, 6.07) is 11.3. The maximum absolute atomic E-state index is 13.3. The molecule has 0 saturated carbocycles. The van der Waals surface area contributed by atoms with E-state index >= 15 is 0 Å². The van der Waals surface area contributed by atoms with Crippen molar-refractivity contribution in [2.45, 2.75) is 50.8 Å². The van der Waals surface area contributed by atoms with Crippen molar-refractivity contribution in [3.63, 3.8) is 0 Å². The van der Waals surface area contributed by atoms with Crippen molar-refractivity contribution in [2.75, 3.05) is 20.2 Å². The minimum absolute atomic E-state index is 0.265. The Morgan fingerprint density at radius 1 is 1.19 bits per heavy atom. The molecular weight excluding hydrogens is 408 g/mol. The van der Waals surface area contributed by atoms with Crippen LogP contribution in [0.5, 0.6) is 5.75 Å². The molecule has 0 atom stereocenters. The Labute approximate surface area is 186 Å². The first-order valence-electron chi connectivity index (χ1n) is 10.7. The van der Waals surface area contributed by atoms with Gasteiger partial charge in [-0.3, -0.25) is 0 Å². The van der Waals surface area contributed by atoms with Crippen LogP contribution in [0.4, 0.5) is 0 Å². The zero-order valence-corrected chi connectivity index (χ0v) is 19.3. The van der Waals surface area contributed by atoms with Gasteiger partial charge < -0.3 is 4.74 Å². The van der Waals surface area contributed by atoms with E-state index in [4.69, 9.17) is 4.74 Å². The van der Waals surface area contributed by atoms with Gasteiger partial charge in [-0.2, -0.15) is 4.31 Å². The molecule has 2 aromatic rings. The first-order valence-corrected chi connectivity index (χ1v) is 12.2. The molecule has 0 radical (unpaired) electrons. The summed E-state index contributed by atoms with van der Waals surface area (Å²) in [6.45, 7) is 4.96. The second-order valence-electron chi connectivity index (χ2n) is 7.73. The summed E-state index contributed by atoms with van der Waals surface area (Å²) in [4.78, 5) is 4.64. The molecule has 5 nitrogen and oxygen atoms in total. The molecule has 1 aromatic heterocycles.